The Labute approximate surface area is 174 Å². The number of nitrogens with zero attached hydrogens (tertiary/aromatic N) is 1. The van der Waals surface area contributed by atoms with Crippen LogP contribution in [0.4, 0.5) is 0 Å². The van der Waals surface area contributed by atoms with Crippen molar-refractivity contribution < 1.29 is 13.5 Å². The fraction of sp³-hybridized carbons (Fsp3) is 0.478. The average Bonchev–Trinajstić information content (AvgIpc) is 2.70. The van der Waals surface area contributed by atoms with Crippen LogP contribution in [0.1, 0.15) is 44.7 Å². The van der Waals surface area contributed by atoms with Gasteiger partial charge in [-0.25, -0.2) is 8.42 Å². The molecule has 5 nitrogen and oxygen atoms in total. The SMILES string of the molecule is CC(C)(C)c1cccc(S(=O)(=O)N(CCc2ccc(O)cc2)C2CCNCC2)c1. The number of nitrogens with one attached hydrogen (secondary N) is 1. The van der Waals surface area contributed by atoms with Crippen molar-refractivity contribution in [3.05, 3.63) is 59.7 Å². The van der Waals surface area contributed by atoms with Crippen LogP contribution in [0, 0.1) is 0 Å². The Bertz CT molecular complexity index is 912. The predicted molar refractivity (Wildman–Crippen MR) is 117 cm³/mol. The lowest BCUT2D eigenvalue weighted by Gasteiger charge is -2.34. The lowest BCUT2D eigenvalue weighted by molar-refractivity contribution is 0.264. The zero-order valence-electron chi connectivity index (χ0n) is 17.6. The highest BCUT2D eigenvalue weighted by Crippen LogP contribution is 2.28. The van der Waals surface area contributed by atoms with Crippen molar-refractivity contribution in [2.24, 2.45) is 0 Å². The van der Waals surface area contributed by atoms with Gasteiger partial charge < -0.3 is 10.4 Å². The Balaban J connectivity index is 1.90. The first-order valence-corrected chi connectivity index (χ1v) is 11.7. The number of piperidine rings is 1. The molecule has 1 fully saturated rings. The topological polar surface area (TPSA) is 69.6 Å². The minimum atomic E-state index is -3.61. The van der Waals surface area contributed by atoms with Gasteiger partial charge in [0.1, 0.15) is 5.75 Å². The molecule has 0 saturated carbocycles. The zero-order chi connectivity index (χ0) is 21.1. The summed E-state index contributed by atoms with van der Waals surface area (Å²) in [4.78, 5) is 0.370. The third-order valence-corrected chi connectivity index (χ3v) is 7.53. The minimum Gasteiger partial charge on any atom is -0.508 e. The predicted octanol–water partition coefficient (Wildman–Crippen LogP) is 3.68. The van der Waals surface area contributed by atoms with Crippen LogP contribution in [0.5, 0.6) is 5.75 Å². The monoisotopic (exact) mass is 416 g/mol. The van der Waals surface area contributed by atoms with Gasteiger partial charge in [-0.1, -0.05) is 45.0 Å². The Kier molecular flexibility index (Phi) is 6.66. The maximum Gasteiger partial charge on any atom is 0.243 e. The second-order valence-electron chi connectivity index (χ2n) is 8.79. The maximum atomic E-state index is 13.7. The van der Waals surface area contributed by atoms with Gasteiger partial charge in [-0.15, -0.1) is 0 Å². The molecule has 1 aliphatic heterocycles. The molecule has 29 heavy (non-hydrogen) atoms. The molecule has 3 rings (SSSR count). The van der Waals surface area contributed by atoms with E-state index < -0.39 is 10.0 Å². The van der Waals surface area contributed by atoms with Crippen molar-refractivity contribution in [3.63, 3.8) is 0 Å². The summed E-state index contributed by atoms with van der Waals surface area (Å²) in [6.07, 6.45) is 2.24. The Morgan fingerprint density at radius 3 is 2.34 bits per heavy atom. The smallest absolute Gasteiger partial charge is 0.243 e. The van der Waals surface area contributed by atoms with E-state index in [0.717, 1.165) is 37.1 Å². The Morgan fingerprint density at radius 2 is 1.72 bits per heavy atom. The largest absolute Gasteiger partial charge is 0.508 e. The number of phenols is 1. The second-order valence-corrected chi connectivity index (χ2v) is 10.7. The van der Waals surface area contributed by atoms with Gasteiger partial charge in [-0.05, 0) is 73.2 Å². The van der Waals surface area contributed by atoms with E-state index in [1.165, 1.54) is 0 Å². The van der Waals surface area contributed by atoms with E-state index in [-0.39, 0.29) is 17.2 Å². The molecule has 158 valence electrons. The van der Waals surface area contributed by atoms with E-state index in [0.29, 0.717) is 17.9 Å². The molecule has 1 heterocycles. The first-order chi connectivity index (χ1) is 13.7. The van der Waals surface area contributed by atoms with E-state index in [1.807, 2.05) is 30.3 Å². The van der Waals surface area contributed by atoms with Gasteiger partial charge in [0.15, 0.2) is 0 Å². The lowest BCUT2D eigenvalue weighted by atomic mass is 9.87. The van der Waals surface area contributed by atoms with Crippen molar-refractivity contribution in [2.45, 2.75) is 56.4 Å². The van der Waals surface area contributed by atoms with Gasteiger partial charge in [0.2, 0.25) is 10.0 Å². The van der Waals surface area contributed by atoms with Crippen molar-refractivity contribution >= 4 is 10.0 Å². The van der Waals surface area contributed by atoms with Crippen LogP contribution in [0.15, 0.2) is 53.4 Å². The van der Waals surface area contributed by atoms with Crippen LogP contribution in [0.25, 0.3) is 0 Å². The highest BCUT2D eigenvalue weighted by atomic mass is 32.2. The van der Waals surface area contributed by atoms with Crippen molar-refractivity contribution in [1.82, 2.24) is 9.62 Å². The summed E-state index contributed by atoms with van der Waals surface area (Å²) < 4.78 is 29.0. The van der Waals surface area contributed by atoms with Crippen molar-refractivity contribution in [2.75, 3.05) is 19.6 Å². The maximum absolute atomic E-state index is 13.7. The molecule has 2 aromatic rings. The third-order valence-electron chi connectivity index (χ3n) is 5.58. The fourth-order valence-electron chi connectivity index (χ4n) is 3.75. The minimum absolute atomic E-state index is 0.00309. The van der Waals surface area contributed by atoms with E-state index in [9.17, 15) is 13.5 Å². The van der Waals surface area contributed by atoms with Gasteiger partial charge in [0, 0.05) is 12.6 Å². The van der Waals surface area contributed by atoms with Crippen LogP contribution in [-0.4, -0.2) is 43.5 Å². The first kappa shape index (κ1) is 21.8. The number of sulfonamides is 1. The molecule has 0 bridgehead atoms. The molecule has 6 heteroatoms. The quantitative estimate of drug-likeness (QED) is 0.754. The molecule has 2 aromatic carbocycles. The highest BCUT2D eigenvalue weighted by molar-refractivity contribution is 7.89. The molecule has 1 aliphatic rings. The molecular formula is C23H32N2O3S. The van der Waals surface area contributed by atoms with E-state index >= 15 is 0 Å². The van der Waals surface area contributed by atoms with Crippen LogP contribution in [-0.2, 0) is 21.9 Å². The summed E-state index contributed by atoms with van der Waals surface area (Å²) in [7, 11) is -3.61. The van der Waals surface area contributed by atoms with Gasteiger partial charge in [0.25, 0.3) is 0 Å². The standard InChI is InChI=1S/C23H32N2O3S/c1-23(2,3)19-5-4-6-22(17-19)29(27,28)25(20-11-14-24-15-12-20)16-13-18-7-9-21(26)10-8-18/h4-10,17,20,24,26H,11-16H2,1-3H3. The van der Waals surface area contributed by atoms with E-state index in [4.69, 9.17) is 0 Å². The van der Waals surface area contributed by atoms with Gasteiger partial charge in [-0.2, -0.15) is 4.31 Å². The summed E-state index contributed by atoms with van der Waals surface area (Å²) in [5.74, 6) is 0.218. The number of aromatic hydroxyl groups is 1. The second kappa shape index (κ2) is 8.86. The molecule has 1 saturated heterocycles. The summed E-state index contributed by atoms with van der Waals surface area (Å²) in [6.45, 7) is 8.36. The summed E-state index contributed by atoms with van der Waals surface area (Å²) in [5, 5.41) is 12.8. The van der Waals surface area contributed by atoms with Crippen LogP contribution < -0.4 is 5.32 Å². The van der Waals surface area contributed by atoms with Gasteiger partial charge in [-0.3, -0.25) is 0 Å². The molecule has 2 N–H and O–H groups in total. The molecule has 0 spiro atoms. The van der Waals surface area contributed by atoms with E-state index in [1.54, 1.807) is 22.5 Å². The molecule has 0 radical (unpaired) electrons. The summed E-state index contributed by atoms with van der Waals surface area (Å²) in [6, 6.07) is 14.3. The number of rotatable bonds is 6. The fourth-order valence-corrected chi connectivity index (χ4v) is 5.49. The molecular weight excluding hydrogens is 384 g/mol. The molecule has 0 aliphatic carbocycles. The van der Waals surface area contributed by atoms with Gasteiger partial charge in [0.05, 0.1) is 4.90 Å². The number of hydrogen-bond acceptors (Lipinski definition) is 4. The highest BCUT2D eigenvalue weighted by Gasteiger charge is 2.32. The Morgan fingerprint density at radius 1 is 1.07 bits per heavy atom. The lowest BCUT2D eigenvalue weighted by Crippen LogP contribution is -2.46. The zero-order valence-corrected chi connectivity index (χ0v) is 18.4. The van der Waals surface area contributed by atoms with Crippen LogP contribution >= 0.6 is 0 Å². The van der Waals surface area contributed by atoms with Crippen LogP contribution in [0.2, 0.25) is 0 Å². The number of benzene rings is 2. The van der Waals surface area contributed by atoms with Crippen molar-refractivity contribution in [1.29, 1.82) is 0 Å². The molecule has 0 aromatic heterocycles. The molecule has 0 amide bonds. The Hall–Kier alpha value is -1.89. The summed E-state index contributed by atoms with van der Waals surface area (Å²) in [5.41, 5.74) is 1.92. The van der Waals surface area contributed by atoms with Gasteiger partial charge >= 0.3 is 0 Å². The summed E-state index contributed by atoms with van der Waals surface area (Å²) >= 11 is 0. The third kappa shape index (κ3) is 5.38. The normalized spacial score (nSPS) is 16.3. The number of phenolic OH excluding ortho intramolecular Hbond substituents is 1. The molecule has 0 unspecified atom stereocenters. The number of hydrogen-bond donors (Lipinski definition) is 2. The van der Waals surface area contributed by atoms with E-state index in [2.05, 4.69) is 26.1 Å². The first-order valence-electron chi connectivity index (χ1n) is 10.3. The van der Waals surface area contributed by atoms with Crippen LogP contribution in [0.3, 0.4) is 0 Å². The average molecular weight is 417 g/mol. The van der Waals surface area contributed by atoms with Crippen molar-refractivity contribution in [3.8, 4) is 5.75 Å². The molecule has 0 atom stereocenters.